The fourth-order valence-corrected chi connectivity index (χ4v) is 5.07. The van der Waals surface area contributed by atoms with Crippen LogP contribution in [0.5, 0.6) is 0 Å². The van der Waals surface area contributed by atoms with Gasteiger partial charge in [-0.3, -0.25) is 14.2 Å². The first-order valence-corrected chi connectivity index (χ1v) is 14.7. The van der Waals surface area contributed by atoms with E-state index < -0.39 is 48.6 Å². The second kappa shape index (κ2) is 15.4. The van der Waals surface area contributed by atoms with E-state index >= 15 is 0 Å². The smallest absolute Gasteiger partial charge is 0.452 e. The standard InChI is InChI=1S/C29H38FN5O7/c1-3-5-6-7-8-9-10-11-12-13-16-39-29(38)42-21-17-22(40-19(21)4-2)35-18-31-24-25(33-28(30)34-26(24)35)32-27(37)20-14-15-23(36)41-20/h2,18-22H,3,5-17H2,1H3,(H,32,33,34,37)/t19?,20-,21?,22?/m1/s1. The number of amides is 1. The topological polar surface area (TPSA) is 144 Å². The summed E-state index contributed by atoms with van der Waals surface area (Å²) in [6.45, 7) is 2.47. The Balaban J connectivity index is 1.26. The number of hydrogen-bond donors (Lipinski definition) is 1. The first-order chi connectivity index (χ1) is 20.4. The van der Waals surface area contributed by atoms with Gasteiger partial charge in [-0.25, -0.2) is 9.78 Å². The van der Waals surface area contributed by atoms with Crippen molar-refractivity contribution in [2.45, 2.75) is 115 Å². The average Bonchev–Trinajstić information content (AvgIpc) is 3.70. The maximum Gasteiger partial charge on any atom is 0.508 e. The molecule has 13 heteroatoms. The Morgan fingerprint density at radius 1 is 1.14 bits per heavy atom. The van der Waals surface area contributed by atoms with Crippen LogP contribution in [0.15, 0.2) is 6.33 Å². The van der Waals surface area contributed by atoms with Crippen molar-refractivity contribution in [2.75, 3.05) is 11.9 Å². The summed E-state index contributed by atoms with van der Waals surface area (Å²) in [4.78, 5) is 47.8. The van der Waals surface area contributed by atoms with Gasteiger partial charge in [0.05, 0.1) is 12.9 Å². The lowest BCUT2D eigenvalue weighted by Crippen LogP contribution is -2.28. The molecule has 3 unspecified atom stereocenters. The summed E-state index contributed by atoms with van der Waals surface area (Å²) in [6, 6.07) is 0. The van der Waals surface area contributed by atoms with E-state index in [2.05, 4.69) is 33.1 Å². The number of hydrogen-bond acceptors (Lipinski definition) is 10. The minimum atomic E-state index is -1.11. The van der Waals surface area contributed by atoms with Gasteiger partial charge in [0.15, 0.2) is 29.2 Å². The Morgan fingerprint density at radius 3 is 2.52 bits per heavy atom. The quantitative estimate of drug-likeness (QED) is 0.131. The van der Waals surface area contributed by atoms with Gasteiger partial charge in [0.25, 0.3) is 5.91 Å². The first-order valence-electron chi connectivity index (χ1n) is 14.7. The van der Waals surface area contributed by atoms with Crippen molar-refractivity contribution in [3.63, 3.8) is 0 Å². The molecule has 0 aromatic carbocycles. The number of imidazole rings is 1. The third-order valence-corrected chi connectivity index (χ3v) is 7.33. The molecule has 4 rings (SSSR count). The highest BCUT2D eigenvalue weighted by Crippen LogP contribution is 2.33. The normalized spacial score (nSPS) is 21.7. The number of anilines is 1. The first kappa shape index (κ1) is 31.2. The fourth-order valence-electron chi connectivity index (χ4n) is 5.07. The van der Waals surface area contributed by atoms with E-state index in [9.17, 15) is 18.8 Å². The van der Waals surface area contributed by atoms with Crippen molar-refractivity contribution in [3.05, 3.63) is 12.4 Å². The maximum atomic E-state index is 14.4. The molecular formula is C29H38FN5O7. The van der Waals surface area contributed by atoms with Gasteiger partial charge in [-0.2, -0.15) is 14.4 Å². The molecular weight excluding hydrogens is 549 g/mol. The number of carbonyl (C=O) groups excluding carboxylic acids is 3. The van der Waals surface area contributed by atoms with Gasteiger partial charge in [-0.1, -0.05) is 70.6 Å². The number of nitrogens with zero attached hydrogens (tertiary/aromatic N) is 4. The lowest BCUT2D eigenvalue weighted by molar-refractivity contribution is -0.146. The van der Waals surface area contributed by atoms with Crippen LogP contribution < -0.4 is 5.32 Å². The molecule has 0 spiro atoms. The molecule has 2 aromatic rings. The zero-order valence-electron chi connectivity index (χ0n) is 23.9. The van der Waals surface area contributed by atoms with Gasteiger partial charge < -0.3 is 24.3 Å². The van der Waals surface area contributed by atoms with E-state index in [4.69, 9.17) is 25.4 Å². The monoisotopic (exact) mass is 587 g/mol. The molecule has 0 aliphatic carbocycles. The number of ether oxygens (including phenoxy) is 4. The SMILES string of the molecule is C#CC1OC(n2cnc3c(NC(=O)[C@H]4CCC(=O)O4)nc(F)nc32)CC1OC(=O)OCCCCCCCCCCCC. The van der Waals surface area contributed by atoms with Crippen LogP contribution in [0, 0.1) is 18.4 Å². The fraction of sp³-hybridized carbons (Fsp3) is 0.655. The second-order valence-electron chi connectivity index (χ2n) is 10.5. The molecule has 228 valence electrons. The van der Waals surface area contributed by atoms with Crippen LogP contribution >= 0.6 is 0 Å². The minimum Gasteiger partial charge on any atom is -0.452 e. The Hall–Kier alpha value is -3.79. The minimum absolute atomic E-state index is 0.0335. The molecule has 1 N–H and O–H groups in total. The molecule has 4 atom stereocenters. The molecule has 0 bridgehead atoms. The molecule has 2 aliphatic rings. The number of nitrogens with one attached hydrogen (secondary N) is 1. The highest BCUT2D eigenvalue weighted by molar-refractivity contribution is 6.00. The Kier molecular flexibility index (Phi) is 11.5. The van der Waals surface area contributed by atoms with Gasteiger partial charge in [-0.15, -0.1) is 6.42 Å². The highest BCUT2D eigenvalue weighted by atomic mass is 19.1. The molecule has 2 saturated heterocycles. The van der Waals surface area contributed by atoms with E-state index in [0.29, 0.717) is 0 Å². The molecule has 4 heterocycles. The Morgan fingerprint density at radius 2 is 1.86 bits per heavy atom. The van der Waals surface area contributed by atoms with Crippen LogP contribution in [0.25, 0.3) is 11.2 Å². The van der Waals surface area contributed by atoms with Crippen molar-refractivity contribution in [1.29, 1.82) is 0 Å². The number of aromatic nitrogens is 4. The van der Waals surface area contributed by atoms with Crippen LogP contribution in [-0.2, 0) is 28.5 Å². The predicted octanol–water partition coefficient (Wildman–Crippen LogP) is 4.97. The predicted molar refractivity (Wildman–Crippen MR) is 148 cm³/mol. The molecule has 0 radical (unpaired) electrons. The second-order valence-corrected chi connectivity index (χ2v) is 10.5. The molecule has 2 aliphatic heterocycles. The van der Waals surface area contributed by atoms with Crippen LogP contribution in [-0.4, -0.2) is 62.5 Å². The van der Waals surface area contributed by atoms with Gasteiger partial charge >= 0.3 is 18.2 Å². The van der Waals surface area contributed by atoms with Crippen molar-refractivity contribution in [1.82, 2.24) is 19.5 Å². The van der Waals surface area contributed by atoms with Gasteiger partial charge in [-0.05, 0) is 6.42 Å². The third kappa shape index (κ3) is 8.38. The highest BCUT2D eigenvalue weighted by Gasteiger charge is 2.39. The summed E-state index contributed by atoms with van der Waals surface area (Å²) in [7, 11) is 0. The zero-order chi connectivity index (χ0) is 29.9. The maximum absolute atomic E-state index is 14.4. The Labute approximate surface area is 244 Å². The average molecular weight is 588 g/mol. The largest absolute Gasteiger partial charge is 0.508 e. The number of esters is 1. The van der Waals surface area contributed by atoms with E-state index in [1.165, 1.54) is 55.8 Å². The zero-order valence-corrected chi connectivity index (χ0v) is 23.9. The van der Waals surface area contributed by atoms with Crippen molar-refractivity contribution in [3.8, 4) is 12.3 Å². The van der Waals surface area contributed by atoms with E-state index in [1.807, 2.05) is 0 Å². The summed E-state index contributed by atoms with van der Waals surface area (Å²) in [5, 5.41) is 2.45. The Bertz CT molecular complexity index is 1280. The molecule has 12 nitrogen and oxygen atoms in total. The van der Waals surface area contributed by atoms with Gasteiger partial charge in [0.1, 0.15) is 12.3 Å². The van der Waals surface area contributed by atoms with Crippen LogP contribution in [0.2, 0.25) is 0 Å². The third-order valence-electron chi connectivity index (χ3n) is 7.33. The lowest BCUT2D eigenvalue weighted by Gasteiger charge is -2.13. The van der Waals surface area contributed by atoms with Gasteiger partial charge in [0, 0.05) is 19.3 Å². The van der Waals surface area contributed by atoms with E-state index in [1.54, 1.807) is 0 Å². The summed E-state index contributed by atoms with van der Waals surface area (Å²) in [5.41, 5.74) is 0.126. The number of fused-ring (bicyclic) bond motifs is 1. The van der Waals surface area contributed by atoms with Crippen molar-refractivity contribution < 1.29 is 37.7 Å². The van der Waals surface area contributed by atoms with E-state index in [-0.39, 0.29) is 42.9 Å². The summed E-state index contributed by atoms with van der Waals surface area (Å²) >= 11 is 0. The summed E-state index contributed by atoms with van der Waals surface area (Å²) in [5.74, 6) is 1.14. The molecule has 2 fully saturated rings. The molecule has 0 saturated carbocycles. The number of rotatable bonds is 15. The van der Waals surface area contributed by atoms with Crippen LogP contribution in [0.4, 0.5) is 15.0 Å². The molecule has 2 aromatic heterocycles. The number of carbonyl (C=O) groups is 3. The number of terminal acetylenes is 1. The lowest BCUT2D eigenvalue weighted by atomic mass is 10.1. The van der Waals surface area contributed by atoms with Crippen molar-refractivity contribution in [2.24, 2.45) is 0 Å². The number of halogens is 1. The van der Waals surface area contributed by atoms with Crippen LogP contribution in [0.1, 0.15) is 96.6 Å². The van der Waals surface area contributed by atoms with Gasteiger partial charge in [0.2, 0.25) is 0 Å². The van der Waals surface area contributed by atoms with Crippen molar-refractivity contribution >= 4 is 35.0 Å². The number of unbranched alkanes of at least 4 members (excludes halogenated alkanes) is 9. The number of cyclic esters (lactones) is 1. The summed E-state index contributed by atoms with van der Waals surface area (Å²) in [6.07, 6.45) is 13.7. The molecule has 1 amide bonds. The van der Waals surface area contributed by atoms with Crippen LogP contribution in [0.3, 0.4) is 0 Å². The van der Waals surface area contributed by atoms with E-state index in [0.717, 1.165) is 19.3 Å². The molecule has 42 heavy (non-hydrogen) atoms. The summed E-state index contributed by atoms with van der Waals surface area (Å²) < 4.78 is 37.3.